The van der Waals surface area contributed by atoms with Gasteiger partial charge in [0.2, 0.25) is 5.91 Å². The van der Waals surface area contributed by atoms with E-state index in [-0.39, 0.29) is 18.1 Å². The SMILES string of the molecule is COC(=O)N[C@H](C(=O)Nc1ccccc1CC[C@@H]1CNC[C@@H](/C=C/c2ccc(Cl)cc2)O1)C(c1ccccc1)c1ccccc1. The number of hydrogen-bond donors (Lipinski definition) is 3. The van der Waals surface area contributed by atoms with E-state index in [0.29, 0.717) is 17.1 Å². The van der Waals surface area contributed by atoms with Gasteiger partial charge in [-0.25, -0.2) is 4.79 Å². The maximum atomic E-state index is 14.0. The van der Waals surface area contributed by atoms with Crippen LogP contribution in [0.1, 0.15) is 34.6 Å². The highest BCUT2D eigenvalue weighted by Crippen LogP contribution is 2.30. The third-order valence-corrected chi connectivity index (χ3v) is 8.11. The fraction of sp³-hybridized carbons (Fsp3) is 0.243. The topological polar surface area (TPSA) is 88.7 Å². The van der Waals surface area contributed by atoms with Crippen LogP contribution in [-0.4, -0.2) is 50.4 Å². The molecule has 1 aliphatic heterocycles. The number of amides is 2. The summed E-state index contributed by atoms with van der Waals surface area (Å²) in [4.78, 5) is 26.5. The molecule has 0 aliphatic carbocycles. The standard InChI is InChI=1S/C37H38ClN3O4/c1-44-37(43)41-35(34(28-11-4-2-5-12-28)29-13-6-3-7-14-29)36(42)40-33-15-9-8-10-27(33)19-23-32-25-39-24-31(45-32)22-18-26-16-20-30(38)21-17-26/h2-18,20-22,31-32,34-35,39H,19,23-25H2,1H3,(H,40,42)(H,41,43)/b22-18+/t31-,32-,35+/m1/s1. The van der Waals surface area contributed by atoms with Gasteiger partial charge >= 0.3 is 6.09 Å². The fourth-order valence-electron chi connectivity index (χ4n) is 5.58. The van der Waals surface area contributed by atoms with Crippen LogP contribution in [0.25, 0.3) is 6.08 Å². The summed E-state index contributed by atoms with van der Waals surface area (Å²) < 4.78 is 11.3. The van der Waals surface area contributed by atoms with Gasteiger partial charge < -0.3 is 25.4 Å². The number of alkyl carbamates (subject to hydrolysis) is 1. The summed E-state index contributed by atoms with van der Waals surface area (Å²) >= 11 is 6.01. The molecule has 8 heteroatoms. The molecule has 0 saturated carbocycles. The van der Waals surface area contributed by atoms with Crippen molar-refractivity contribution in [1.29, 1.82) is 0 Å². The Kier molecular flexibility index (Phi) is 11.4. The van der Waals surface area contributed by atoms with E-state index in [4.69, 9.17) is 21.1 Å². The van der Waals surface area contributed by atoms with E-state index in [0.717, 1.165) is 41.8 Å². The third kappa shape index (κ3) is 9.05. The molecule has 232 valence electrons. The summed E-state index contributed by atoms with van der Waals surface area (Å²) in [5.74, 6) is -0.785. The number of morpholine rings is 1. The Balaban J connectivity index is 1.29. The molecule has 1 fully saturated rings. The Morgan fingerprint density at radius 2 is 1.56 bits per heavy atom. The first-order valence-corrected chi connectivity index (χ1v) is 15.5. The molecule has 0 radical (unpaired) electrons. The highest BCUT2D eigenvalue weighted by molar-refractivity contribution is 6.30. The minimum absolute atomic E-state index is 0.0108. The van der Waals surface area contributed by atoms with E-state index in [2.05, 4.69) is 22.0 Å². The zero-order valence-corrected chi connectivity index (χ0v) is 26.0. The van der Waals surface area contributed by atoms with Crippen LogP contribution in [0.4, 0.5) is 10.5 Å². The van der Waals surface area contributed by atoms with Gasteiger partial charge in [0.25, 0.3) is 0 Å². The van der Waals surface area contributed by atoms with Gasteiger partial charge in [-0.1, -0.05) is 115 Å². The molecule has 0 aromatic heterocycles. The first-order chi connectivity index (χ1) is 22.0. The summed E-state index contributed by atoms with van der Waals surface area (Å²) in [5, 5.41) is 10.1. The minimum atomic E-state index is -0.936. The largest absolute Gasteiger partial charge is 0.453 e. The van der Waals surface area contributed by atoms with Gasteiger partial charge in [-0.3, -0.25) is 4.79 Å². The third-order valence-electron chi connectivity index (χ3n) is 7.86. The Bertz CT molecular complexity index is 1520. The first-order valence-electron chi connectivity index (χ1n) is 15.1. The van der Waals surface area contributed by atoms with Crippen LogP contribution in [0.3, 0.4) is 0 Å². The molecule has 0 unspecified atom stereocenters. The molecule has 0 bridgehead atoms. The fourth-order valence-corrected chi connectivity index (χ4v) is 5.70. The maximum Gasteiger partial charge on any atom is 0.407 e. The number of ether oxygens (including phenoxy) is 2. The van der Waals surface area contributed by atoms with Crippen molar-refractivity contribution in [3.63, 3.8) is 0 Å². The van der Waals surface area contributed by atoms with E-state index in [1.807, 2.05) is 115 Å². The molecule has 1 saturated heterocycles. The average molecular weight is 624 g/mol. The quantitative estimate of drug-likeness (QED) is 0.170. The highest BCUT2D eigenvalue weighted by Gasteiger charge is 2.33. The molecular weight excluding hydrogens is 586 g/mol. The lowest BCUT2D eigenvalue weighted by Gasteiger charge is -2.30. The van der Waals surface area contributed by atoms with Crippen LogP contribution in [0.15, 0.2) is 115 Å². The van der Waals surface area contributed by atoms with Crippen molar-refractivity contribution in [2.75, 3.05) is 25.5 Å². The van der Waals surface area contributed by atoms with Crippen LogP contribution >= 0.6 is 11.6 Å². The lowest BCUT2D eigenvalue weighted by atomic mass is 9.84. The van der Waals surface area contributed by atoms with E-state index >= 15 is 0 Å². The van der Waals surface area contributed by atoms with E-state index in [1.165, 1.54) is 7.11 Å². The second-order valence-electron chi connectivity index (χ2n) is 11.0. The predicted molar refractivity (Wildman–Crippen MR) is 179 cm³/mol. The van der Waals surface area contributed by atoms with Gasteiger partial charge in [0.05, 0.1) is 19.3 Å². The van der Waals surface area contributed by atoms with E-state index in [9.17, 15) is 9.59 Å². The second-order valence-corrected chi connectivity index (χ2v) is 11.4. The van der Waals surface area contributed by atoms with E-state index in [1.54, 1.807) is 0 Å². The molecule has 1 aliphatic rings. The van der Waals surface area contributed by atoms with Gasteiger partial charge in [-0.15, -0.1) is 0 Å². The number of aryl methyl sites for hydroxylation is 1. The van der Waals surface area contributed by atoms with Crippen LogP contribution in [-0.2, 0) is 20.7 Å². The average Bonchev–Trinajstić information content (AvgIpc) is 3.08. The van der Waals surface area contributed by atoms with Crippen LogP contribution < -0.4 is 16.0 Å². The van der Waals surface area contributed by atoms with Crippen molar-refractivity contribution in [1.82, 2.24) is 10.6 Å². The number of anilines is 1. The van der Waals surface area contributed by atoms with Crippen molar-refractivity contribution in [3.05, 3.63) is 143 Å². The lowest BCUT2D eigenvalue weighted by molar-refractivity contribution is -0.118. The summed E-state index contributed by atoms with van der Waals surface area (Å²) in [5.41, 5.74) is 4.55. The van der Waals surface area contributed by atoms with Crippen molar-refractivity contribution in [2.24, 2.45) is 0 Å². The smallest absolute Gasteiger partial charge is 0.407 e. The first kappa shape index (κ1) is 32.0. The molecule has 3 N–H and O–H groups in total. The second kappa shape index (κ2) is 16.0. The van der Waals surface area contributed by atoms with Crippen LogP contribution in [0.5, 0.6) is 0 Å². The van der Waals surface area contributed by atoms with Gasteiger partial charge in [0, 0.05) is 29.7 Å². The van der Waals surface area contributed by atoms with Crippen LogP contribution in [0, 0.1) is 0 Å². The maximum absolute atomic E-state index is 14.0. The minimum Gasteiger partial charge on any atom is -0.453 e. The van der Waals surface area contributed by atoms with Crippen molar-refractivity contribution in [3.8, 4) is 0 Å². The number of hydrogen-bond acceptors (Lipinski definition) is 5. The summed E-state index contributed by atoms with van der Waals surface area (Å²) in [6.07, 6.45) is 4.87. The highest BCUT2D eigenvalue weighted by atomic mass is 35.5. The zero-order chi connectivity index (χ0) is 31.4. The summed E-state index contributed by atoms with van der Waals surface area (Å²) in [6, 6.07) is 33.9. The Morgan fingerprint density at radius 1 is 0.911 bits per heavy atom. The number of nitrogens with one attached hydrogen (secondary N) is 3. The van der Waals surface area contributed by atoms with Crippen molar-refractivity contribution >= 4 is 35.4 Å². The van der Waals surface area contributed by atoms with Gasteiger partial charge in [0.1, 0.15) is 6.04 Å². The number of halogens is 1. The van der Waals surface area contributed by atoms with Gasteiger partial charge in [0.15, 0.2) is 0 Å². The van der Waals surface area contributed by atoms with Gasteiger partial charge in [-0.2, -0.15) is 0 Å². The Morgan fingerprint density at radius 3 is 2.22 bits per heavy atom. The summed E-state index contributed by atoms with van der Waals surface area (Å²) in [6.45, 7) is 1.49. The van der Waals surface area contributed by atoms with Gasteiger partial charge in [-0.05, 0) is 53.3 Å². The number of methoxy groups -OCH3 is 1. The molecule has 45 heavy (non-hydrogen) atoms. The normalized spacial score (nSPS) is 17.1. The van der Waals surface area contributed by atoms with Crippen molar-refractivity contribution < 1.29 is 19.1 Å². The molecular formula is C37H38ClN3O4. The summed E-state index contributed by atoms with van der Waals surface area (Å²) in [7, 11) is 1.29. The monoisotopic (exact) mass is 623 g/mol. The molecule has 2 amide bonds. The van der Waals surface area contributed by atoms with E-state index < -0.39 is 18.1 Å². The molecule has 1 heterocycles. The molecule has 0 spiro atoms. The predicted octanol–water partition coefficient (Wildman–Crippen LogP) is 6.84. The Labute approximate surface area is 269 Å². The molecule has 7 nitrogen and oxygen atoms in total. The number of carbonyl (C=O) groups excluding carboxylic acids is 2. The number of para-hydroxylation sites is 1. The lowest BCUT2D eigenvalue weighted by Crippen LogP contribution is -2.48. The van der Waals surface area contributed by atoms with Crippen molar-refractivity contribution in [2.45, 2.75) is 37.0 Å². The molecule has 3 atom stereocenters. The molecule has 4 aromatic rings. The number of carbonyl (C=O) groups is 2. The Hall–Kier alpha value is -4.43. The number of rotatable bonds is 11. The molecule has 5 rings (SSSR count). The van der Waals surface area contributed by atoms with Crippen LogP contribution in [0.2, 0.25) is 5.02 Å². The number of benzene rings is 4. The zero-order valence-electron chi connectivity index (χ0n) is 25.2. The molecule has 4 aromatic carbocycles.